The molecule has 5 saturated carbocycles. The third kappa shape index (κ3) is 5.92. The van der Waals surface area contributed by atoms with Crippen LogP contribution in [0.15, 0.2) is 12.2 Å². The molecule has 0 aromatic heterocycles. The van der Waals surface area contributed by atoms with Gasteiger partial charge < -0.3 is 10.2 Å². The first-order valence-corrected chi connectivity index (χ1v) is 19.2. The van der Waals surface area contributed by atoms with Crippen molar-refractivity contribution in [2.75, 3.05) is 26.2 Å². The van der Waals surface area contributed by atoms with Crippen molar-refractivity contribution in [3.63, 3.8) is 0 Å². The molecule has 5 aliphatic carbocycles. The van der Waals surface area contributed by atoms with Gasteiger partial charge in [0.05, 0.1) is 17.6 Å². The molecular formula is C41H64N4O2. The Bertz CT molecular complexity index is 1270. The van der Waals surface area contributed by atoms with Crippen molar-refractivity contribution in [3.8, 4) is 12.1 Å². The fourth-order valence-electron chi connectivity index (χ4n) is 13.1. The summed E-state index contributed by atoms with van der Waals surface area (Å²) in [5.74, 6) is 3.17. The van der Waals surface area contributed by atoms with Crippen molar-refractivity contribution < 1.29 is 9.59 Å². The highest BCUT2D eigenvalue weighted by atomic mass is 16.2. The molecular weight excluding hydrogens is 580 g/mol. The topological polar surface area (TPSA) is 97.0 Å². The number of rotatable bonds is 12. The number of Topliss-reactive ketones (excluding diaryl/α,β-unsaturated/α-hetero) is 1. The smallest absolute Gasteiger partial charge is 0.226 e. The molecule has 0 bridgehead atoms. The first-order chi connectivity index (χ1) is 22.2. The van der Waals surface area contributed by atoms with Crippen LogP contribution in [0, 0.1) is 79.3 Å². The minimum absolute atomic E-state index is 0.185. The first-order valence-electron chi connectivity index (χ1n) is 19.2. The Morgan fingerprint density at radius 3 is 2.21 bits per heavy atom. The second-order valence-electron chi connectivity index (χ2n) is 18.0. The van der Waals surface area contributed by atoms with Crippen LogP contribution >= 0.6 is 0 Å². The summed E-state index contributed by atoms with van der Waals surface area (Å²) < 4.78 is 0. The van der Waals surface area contributed by atoms with Gasteiger partial charge in [0.2, 0.25) is 5.91 Å². The van der Waals surface area contributed by atoms with E-state index in [2.05, 4.69) is 70.5 Å². The fourth-order valence-corrected chi connectivity index (χ4v) is 13.1. The van der Waals surface area contributed by atoms with E-state index in [1.807, 2.05) is 0 Å². The maximum absolute atomic E-state index is 14.4. The van der Waals surface area contributed by atoms with Crippen molar-refractivity contribution in [3.05, 3.63) is 12.2 Å². The molecule has 0 heterocycles. The highest BCUT2D eigenvalue weighted by Gasteiger charge is 2.71. The minimum Gasteiger partial charge on any atom is -0.356 e. The highest BCUT2D eigenvalue weighted by Crippen LogP contribution is 2.77. The van der Waals surface area contributed by atoms with E-state index in [4.69, 9.17) is 10.5 Å². The highest BCUT2D eigenvalue weighted by molar-refractivity contribution is 5.85. The summed E-state index contributed by atoms with van der Waals surface area (Å²) in [4.78, 5) is 29.7. The van der Waals surface area contributed by atoms with Gasteiger partial charge in [-0.05, 0) is 130 Å². The van der Waals surface area contributed by atoms with Crippen LogP contribution in [-0.2, 0) is 9.59 Å². The number of hydrogen-bond donors (Lipinski definition) is 1. The molecule has 1 amide bonds. The van der Waals surface area contributed by atoms with Crippen LogP contribution in [0.2, 0.25) is 0 Å². The summed E-state index contributed by atoms with van der Waals surface area (Å²) in [6, 6.07) is 4.44. The summed E-state index contributed by atoms with van der Waals surface area (Å²) in [5, 5.41) is 21.4. The van der Waals surface area contributed by atoms with Gasteiger partial charge in [-0.2, -0.15) is 10.5 Å². The number of unbranched alkanes of at least 4 members (excludes halogenated alkanes) is 2. The van der Waals surface area contributed by atoms with E-state index >= 15 is 0 Å². The molecule has 6 nitrogen and oxygen atoms in total. The van der Waals surface area contributed by atoms with Crippen LogP contribution < -0.4 is 5.32 Å². The SMILES string of the molecule is C=C(C)[C@@H]1CC[C@]2(C(=O)NCCCCCN(CCC#N)CCC#N)CC[C@]3(C)[C@H](CC[C@@H]4[C@@]5(C)CCC(=O)C(C)(C)[C@@H]5CC[C@]43C)[C@@H]12. The Kier molecular flexibility index (Phi) is 10.5. The van der Waals surface area contributed by atoms with Crippen LogP contribution in [0.4, 0.5) is 0 Å². The molecule has 5 aliphatic rings. The van der Waals surface area contributed by atoms with Gasteiger partial charge in [0.15, 0.2) is 0 Å². The molecule has 0 spiro atoms. The molecule has 0 saturated heterocycles. The van der Waals surface area contributed by atoms with E-state index in [1.165, 1.54) is 24.8 Å². The molecule has 260 valence electrons. The van der Waals surface area contributed by atoms with Crippen LogP contribution in [0.1, 0.15) is 138 Å². The van der Waals surface area contributed by atoms with E-state index in [0.29, 0.717) is 54.1 Å². The van der Waals surface area contributed by atoms with Gasteiger partial charge in [0.25, 0.3) is 0 Å². The summed E-state index contributed by atoms with van der Waals surface area (Å²) in [6.07, 6.45) is 14.7. The van der Waals surface area contributed by atoms with E-state index in [9.17, 15) is 9.59 Å². The van der Waals surface area contributed by atoms with Crippen LogP contribution in [0.5, 0.6) is 0 Å². The molecule has 6 heteroatoms. The average molecular weight is 645 g/mol. The van der Waals surface area contributed by atoms with Crippen molar-refractivity contribution in [2.45, 2.75) is 138 Å². The lowest BCUT2D eigenvalue weighted by atomic mass is 9.32. The number of nitrogens with zero attached hydrogens (tertiary/aromatic N) is 3. The van der Waals surface area contributed by atoms with E-state index in [-0.39, 0.29) is 27.1 Å². The molecule has 0 aromatic rings. The van der Waals surface area contributed by atoms with Crippen LogP contribution in [-0.4, -0.2) is 42.8 Å². The monoisotopic (exact) mass is 645 g/mol. The zero-order valence-corrected chi connectivity index (χ0v) is 30.7. The van der Waals surface area contributed by atoms with Crippen molar-refractivity contribution in [1.82, 2.24) is 10.2 Å². The zero-order valence-electron chi connectivity index (χ0n) is 30.7. The molecule has 5 rings (SSSR count). The lowest BCUT2D eigenvalue weighted by Gasteiger charge is -2.72. The van der Waals surface area contributed by atoms with Crippen molar-refractivity contribution in [1.29, 1.82) is 10.5 Å². The van der Waals surface area contributed by atoms with Gasteiger partial charge in [0, 0.05) is 44.3 Å². The quantitative estimate of drug-likeness (QED) is 0.169. The summed E-state index contributed by atoms with van der Waals surface area (Å²) in [5.41, 5.74) is 1.36. The first kappa shape index (κ1) is 36.1. The van der Waals surface area contributed by atoms with Gasteiger partial charge >= 0.3 is 0 Å². The Morgan fingerprint density at radius 2 is 1.55 bits per heavy atom. The second kappa shape index (κ2) is 13.6. The normalized spacial score (nSPS) is 40.3. The Balaban J connectivity index is 1.28. The number of fused-ring (bicyclic) bond motifs is 7. The molecule has 5 fully saturated rings. The van der Waals surface area contributed by atoms with Crippen LogP contribution in [0.25, 0.3) is 0 Å². The number of amides is 1. The summed E-state index contributed by atoms with van der Waals surface area (Å²) in [6.45, 7) is 22.1. The van der Waals surface area contributed by atoms with Gasteiger partial charge in [-0.3, -0.25) is 9.59 Å². The Labute approximate surface area is 286 Å². The molecule has 0 aliphatic heterocycles. The number of nitrogens with one attached hydrogen (secondary N) is 1. The van der Waals surface area contributed by atoms with Crippen molar-refractivity contribution >= 4 is 11.7 Å². The number of carbonyl (C=O) groups excluding carboxylic acids is 2. The number of nitriles is 2. The number of hydrogen-bond acceptors (Lipinski definition) is 5. The number of allylic oxidation sites excluding steroid dienone is 1. The maximum Gasteiger partial charge on any atom is 0.226 e. The Morgan fingerprint density at radius 1 is 0.851 bits per heavy atom. The lowest BCUT2D eigenvalue weighted by molar-refractivity contribution is -0.233. The van der Waals surface area contributed by atoms with Gasteiger partial charge in [0.1, 0.15) is 5.78 Å². The van der Waals surface area contributed by atoms with Crippen molar-refractivity contribution in [2.24, 2.45) is 56.7 Å². The lowest BCUT2D eigenvalue weighted by Crippen LogP contribution is -2.67. The molecule has 0 unspecified atom stereocenters. The minimum atomic E-state index is -0.289. The predicted molar refractivity (Wildman–Crippen MR) is 188 cm³/mol. The fraction of sp³-hybridized carbons (Fsp3) is 0.854. The van der Waals surface area contributed by atoms with Crippen LogP contribution in [0.3, 0.4) is 0 Å². The maximum atomic E-state index is 14.4. The number of carbonyl (C=O) groups is 2. The third-order valence-corrected chi connectivity index (χ3v) is 15.8. The number of ketones is 1. The molecule has 1 N–H and O–H groups in total. The zero-order chi connectivity index (χ0) is 34.3. The molecule has 0 radical (unpaired) electrons. The third-order valence-electron chi connectivity index (χ3n) is 15.8. The molecule has 0 aromatic carbocycles. The van der Waals surface area contributed by atoms with Gasteiger partial charge in [-0.25, -0.2) is 0 Å². The van der Waals surface area contributed by atoms with E-state index < -0.39 is 0 Å². The Hall–Kier alpha value is -2.18. The van der Waals surface area contributed by atoms with Gasteiger partial charge in [-0.15, -0.1) is 0 Å². The predicted octanol–water partition coefficient (Wildman–Crippen LogP) is 8.63. The van der Waals surface area contributed by atoms with E-state index in [1.54, 1.807) is 0 Å². The van der Waals surface area contributed by atoms with E-state index in [0.717, 1.165) is 90.4 Å². The molecule has 9 atom stereocenters. The summed E-state index contributed by atoms with van der Waals surface area (Å²) in [7, 11) is 0. The molecule has 47 heavy (non-hydrogen) atoms. The summed E-state index contributed by atoms with van der Waals surface area (Å²) >= 11 is 0. The van der Waals surface area contributed by atoms with Gasteiger partial charge in [-0.1, -0.05) is 53.2 Å². The second-order valence-corrected chi connectivity index (χ2v) is 18.0. The average Bonchev–Trinajstić information content (AvgIpc) is 3.43. The standard InChI is InChI=1S/C41H64N4O2/c1-29(2)30-15-20-41(36(47)44-25-9-8-10-26-45(27-11-23-42)28-12-24-43)22-21-39(6)31(35(30)41)13-14-33-38(5)18-17-34(46)37(3,4)32(38)16-19-40(33,39)7/h30-33,35H,1,8-22,25-28H2,2-7H3,(H,44,47)/t30-,31+,32-,33+,35+,38-,39+,40+,41-/m0/s1. The largest absolute Gasteiger partial charge is 0.356 e.